The Bertz CT molecular complexity index is 1350. The van der Waals surface area contributed by atoms with E-state index >= 15 is 0 Å². The second-order valence-corrected chi connectivity index (χ2v) is 7.29. The average molecular weight is 457 g/mol. The SMILES string of the molecule is CCOC(=O)c1ccccc1Nc1ncnc(N(CC)c2cccc3ccccc23)c1[N+](=O)[O-]. The van der Waals surface area contributed by atoms with Crippen molar-refractivity contribution in [3.8, 4) is 0 Å². The van der Waals surface area contributed by atoms with Crippen molar-refractivity contribution in [3.63, 3.8) is 0 Å². The predicted octanol–water partition coefficient (Wildman–Crippen LogP) is 5.62. The predicted molar refractivity (Wildman–Crippen MR) is 131 cm³/mol. The lowest BCUT2D eigenvalue weighted by Crippen LogP contribution is -2.20. The van der Waals surface area contributed by atoms with Gasteiger partial charge >= 0.3 is 11.7 Å². The van der Waals surface area contributed by atoms with Crippen LogP contribution in [-0.2, 0) is 4.74 Å². The second-order valence-electron chi connectivity index (χ2n) is 7.29. The van der Waals surface area contributed by atoms with Gasteiger partial charge in [0.15, 0.2) is 0 Å². The van der Waals surface area contributed by atoms with E-state index in [2.05, 4.69) is 15.3 Å². The smallest absolute Gasteiger partial charge is 0.354 e. The number of rotatable bonds is 8. The molecule has 9 nitrogen and oxygen atoms in total. The van der Waals surface area contributed by atoms with Gasteiger partial charge in [0.2, 0.25) is 11.6 Å². The largest absolute Gasteiger partial charge is 0.462 e. The summed E-state index contributed by atoms with van der Waals surface area (Å²) in [5.41, 5.74) is 1.10. The summed E-state index contributed by atoms with van der Waals surface area (Å²) >= 11 is 0. The number of anilines is 4. The fourth-order valence-corrected chi connectivity index (χ4v) is 3.81. The number of nitrogens with zero attached hydrogens (tertiary/aromatic N) is 4. The van der Waals surface area contributed by atoms with E-state index in [0.29, 0.717) is 12.2 Å². The van der Waals surface area contributed by atoms with Crippen molar-refractivity contribution in [1.82, 2.24) is 9.97 Å². The average Bonchev–Trinajstić information content (AvgIpc) is 2.85. The van der Waals surface area contributed by atoms with Gasteiger partial charge in [-0.3, -0.25) is 10.1 Å². The second kappa shape index (κ2) is 9.95. The highest BCUT2D eigenvalue weighted by atomic mass is 16.6. The quantitative estimate of drug-likeness (QED) is 0.206. The van der Waals surface area contributed by atoms with Crippen LogP contribution in [0.25, 0.3) is 10.8 Å². The number of ether oxygens (including phenoxy) is 1. The number of carbonyl (C=O) groups is 1. The molecule has 0 bridgehead atoms. The number of benzene rings is 3. The molecule has 0 radical (unpaired) electrons. The van der Waals surface area contributed by atoms with Gasteiger partial charge in [-0.15, -0.1) is 0 Å². The van der Waals surface area contributed by atoms with Crippen molar-refractivity contribution in [2.24, 2.45) is 0 Å². The highest BCUT2D eigenvalue weighted by Gasteiger charge is 2.29. The molecule has 0 saturated heterocycles. The first-order valence-electron chi connectivity index (χ1n) is 10.8. The zero-order valence-corrected chi connectivity index (χ0v) is 18.8. The first-order valence-corrected chi connectivity index (χ1v) is 10.8. The molecular weight excluding hydrogens is 434 g/mol. The third-order valence-corrected chi connectivity index (χ3v) is 5.29. The van der Waals surface area contributed by atoms with E-state index in [0.717, 1.165) is 16.5 Å². The molecule has 0 aliphatic rings. The number of hydrogen-bond donors (Lipinski definition) is 1. The molecule has 9 heteroatoms. The summed E-state index contributed by atoms with van der Waals surface area (Å²) < 4.78 is 5.11. The molecule has 4 aromatic rings. The lowest BCUT2D eigenvalue weighted by Gasteiger charge is -2.24. The minimum Gasteiger partial charge on any atom is -0.462 e. The monoisotopic (exact) mass is 457 g/mol. The van der Waals surface area contributed by atoms with Crippen LogP contribution in [0.4, 0.5) is 28.7 Å². The summed E-state index contributed by atoms with van der Waals surface area (Å²) in [4.78, 5) is 34.3. The lowest BCUT2D eigenvalue weighted by atomic mass is 10.1. The van der Waals surface area contributed by atoms with Gasteiger partial charge in [0.05, 0.1) is 28.5 Å². The van der Waals surface area contributed by atoms with Crippen molar-refractivity contribution in [2.45, 2.75) is 13.8 Å². The number of nitrogens with one attached hydrogen (secondary N) is 1. The van der Waals surface area contributed by atoms with Gasteiger partial charge in [0.1, 0.15) is 6.33 Å². The molecule has 0 spiro atoms. The summed E-state index contributed by atoms with van der Waals surface area (Å²) in [5, 5.41) is 17.1. The number of para-hydroxylation sites is 1. The minimum absolute atomic E-state index is 0.0227. The van der Waals surface area contributed by atoms with Crippen LogP contribution in [0.5, 0.6) is 0 Å². The van der Waals surface area contributed by atoms with Crippen LogP contribution >= 0.6 is 0 Å². The van der Waals surface area contributed by atoms with Gasteiger partial charge in [-0.05, 0) is 37.4 Å². The zero-order chi connectivity index (χ0) is 24.1. The van der Waals surface area contributed by atoms with Gasteiger partial charge in [-0.1, -0.05) is 48.5 Å². The number of aromatic nitrogens is 2. The molecule has 1 heterocycles. The first-order chi connectivity index (χ1) is 16.5. The molecule has 34 heavy (non-hydrogen) atoms. The van der Waals surface area contributed by atoms with Crippen molar-refractivity contribution >= 4 is 45.4 Å². The van der Waals surface area contributed by atoms with E-state index in [4.69, 9.17) is 4.74 Å². The Balaban J connectivity index is 1.83. The van der Waals surface area contributed by atoms with Gasteiger partial charge in [-0.2, -0.15) is 0 Å². The standard InChI is InChI=1S/C25H23N5O4/c1-3-29(21-15-9-11-17-10-5-6-12-18(17)21)24-22(30(32)33)23(26-16-27-24)28-20-14-8-7-13-19(20)25(31)34-4-2/h5-16H,3-4H2,1-2H3,(H,26,27,28). The van der Waals surface area contributed by atoms with Gasteiger partial charge < -0.3 is 15.0 Å². The summed E-state index contributed by atoms with van der Waals surface area (Å²) in [5.74, 6) is -0.408. The van der Waals surface area contributed by atoms with Crippen LogP contribution in [0, 0.1) is 10.1 Å². The maximum Gasteiger partial charge on any atom is 0.354 e. The highest BCUT2D eigenvalue weighted by Crippen LogP contribution is 2.39. The van der Waals surface area contributed by atoms with Gasteiger partial charge in [-0.25, -0.2) is 14.8 Å². The topological polar surface area (TPSA) is 110 Å². The third kappa shape index (κ3) is 4.36. The molecule has 1 aromatic heterocycles. The molecule has 0 fully saturated rings. The maximum absolute atomic E-state index is 12.4. The third-order valence-electron chi connectivity index (χ3n) is 5.29. The Morgan fingerprint density at radius 2 is 1.76 bits per heavy atom. The van der Waals surface area contributed by atoms with Crippen LogP contribution in [0.3, 0.4) is 0 Å². The molecule has 0 saturated carbocycles. The van der Waals surface area contributed by atoms with Crippen LogP contribution in [0.15, 0.2) is 73.1 Å². The number of hydrogen-bond acceptors (Lipinski definition) is 8. The Hall–Kier alpha value is -4.53. The number of esters is 1. The zero-order valence-electron chi connectivity index (χ0n) is 18.8. The molecule has 1 N–H and O–H groups in total. The van der Waals surface area contributed by atoms with E-state index in [1.165, 1.54) is 6.33 Å². The molecule has 172 valence electrons. The fourth-order valence-electron chi connectivity index (χ4n) is 3.81. The molecule has 0 unspecified atom stereocenters. The summed E-state index contributed by atoms with van der Waals surface area (Å²) in [7, 11) is 0. The maximum atomic E-state index is 12.4. The summed E-state index contributed by atoms with van der Waals surface area (Å²) in [6.45, 7) is 4.26. The molecular formula is C25H23N5O4. The van der Waals surface area contributed by atoms with Gasteiger partial charge in [0.25, 0.3) is 0 Å². The van der Waals surface area contributed by atoms with E-state index < -0.39 is 10.9 Å². The van der Waals surface area contributed by atoms with Crippen molar-refractivity contribution in [3.05, 3.63) is 88.7 Å². The van der Waals surface area contributed by atoms with Crippen LogP contribution in [-0.4, -0.2) is 34.0 Å². The molecule has 0 amide bonds. The van der Waals surface area contributed by atoms with Gasteiger partial charge in [0, 0.05) is 11.9 Å². The Kier molecular flexibility index (Phi) is 6.63. The summed E-state index contributed by atoms with van der Waals surface area (Å²) in [6.07, 6.45) is 1.27. The number of nitro groups is 1. The van der Waals surface area contributed by atoms with Crippen LogP contribution < -0.4 is 10.2 Å². The Labute approximate surface area is 196 Å². The van der Waals surface area contributed by atoms with Crippen LogP contribution in [0.1, 0.15) is 24.2 Å². The molecule has 3 aromatic carbocycles. The number of carbonyl (C=O) groups excluding carboxylic acids is 1. The van der Waals surface area contributed by atoms with Crippen molar-refractivity contribution < 1.29 is 14.5 Å². The fraction of sp³-hybridized carbons (Fsp3) is 0.160. The number of fused-ring (bicyclic) bond motifs is 1. The van der Waals surface area contributed by atoms with Crippen LogP contribution in [0.2, 0.25) is 0 Å². The van der Waals surface area contributed by atoms with Crippen molar-refractivity contribution in [1.29, 1.82) is 0 Å². The minimum atomic E-state index is -0.534. The molecule has 0 aliphatic heterocycles. The Morgan fingerprint density at radius 1 is 1.03 bits per heavy atom. The van der Waals surface area contributed by atoms with E-state index in [-0.39, 0.29) is 29.5 Å². The van der Waals surface area contributed by atoms with E-state index in [1.54, 1.807) is 36.1 Å². The van der Waals surface area contributed by atoms with Crippen molar-refractivity contribution in [2.75, 3.05) is 23.4 Å². The Morgan fingerprint density at radius 3 is 2.53 bits per heavy atom. The molecule has 0 atom stereocenters. The molecule has 0 aliphatic carbocycles. The first kappa shape index (κ1) is 22.7. The summed E-state index contributed by atoms with van der Waals surface area (Å²) in [6, 6.07) is 20.2. The van der Waals surface area contributed by atoms with E-state index in [1.807, 2.05) is 49.4 Å². The van der Waals surface area contributed by atoms with E-state index in [9.17, 15) is 14.9 Å². The lowest BCUT2D eigenvalue weighted by molar-refractivity contribution is -0.383. The normalized spacial score (nSPS) is 10.6. The molecule has 4 rings (SSSR count). The highest BCUT2D eigenvalue weighted by molar-refractivity contribution is 5.98.